The summed E-state index contributed by atoms with van der Waals surface area (Å²) in [4.78, 5) is 8.13. The number of aliphatic imine (C=N–C) groups is 2. The van der Waals surface area contributed by atoms with E-state index in [1.54, 1.807) is 0 Å². The molecule has 0 spiro atoms. The summed E-state index contributed by atoms with van der Waals surface area (Å²) in [5, 5.41) is 17.1. The molecule has 0 aromatic heterocycles. The molecular weight excluding hydrogens is 377 g/mol. The van der Waals surface area contributed by atoms with Crippen LogP contribution in [-0.2, 0) is 6.54 Å². The van der Waals surface area contributed by atoms with Crippen molar-refractivity contribution >= 4 is 39.0 Å². The first-order valence-electron chi connectivity index (χ1n) is 6.88. The number of halogens is 2. The van der Waals surface area contributed by atoms with E-state index in [0.717, 1.165) is 5.56 Å². The van der Waals surface area contributed by atoms with Gasteiger partial charge in [-0.2, -0.15) is 0 Å². The van der Waals surface area contributed by atoms with Gasteiger partial charge in [0.05, 0.1) is 16.7 Å². The molecule has 2 rings (SSSR count). The van der Waals surface area contributed by atoms with Gasteiger partial charge in [0.25, 0.3) is 0 Å². The van der Waals surface area contributed by atoms with Gasteiger partial charge in [-0.25, -0.2) is 9.38 Å². The lowest BCUT2D eigenvalue weighted by molar-refractivity contribution is 0.236. The molecule has 0 heterocycles. The standard InChI is InChI=1S/C16H15BrFN5O/c17-12-8-11(6-7-13(12)18)22-15(20)14(19)16(23-24)21-9-10-4-2-1-3-5-10/h1-8,19,24H,9H2,(H2,20,22)(H,21,23). The van der Waals surface area contributed by atoms with Crippen LogP contribution >= 0.6 is 15.9 Å². The summed E-state index contributed by atoms with van der Waals surface area (Å²) in [6.45, 7) is 0.265. The molecule has 0 radical (unpaired) electrons. The summed E-state index contributed by atoms with van der Waals surface area (Å²) in [7, 11) is 0. The van der Waals surface area contributed by atoms with Crippen molar-refractivity contribution in [2.75, 3.05) is 0 Å². The van der Waals surface area contributed by atoms with Gasteiger partial charge in [0.1, 0.15) is 11.5 Å². The number of hydrogen-bond acceptors (Lipinski definition) is 4. The third-order valence-corrected chi connectivity index (χ3v) is 3.62. The molecule has 0 fully saturated rings. The molecule has 24 heavy (non-hydrogen) atoms. The van der Waals surface area contributed by atoms with Gasteiger partial charge >= 0.3 is 0 Å². The zero-order valence-electron chi connectivity index (χ0n) is 12.5. The Bertz CT molecular complexity index is 792. The van der Waals surface area contributed by atoms with Crippen molar-refractivity contribution in [3.05, 3.63) is 64.4 Å². The van der Waals surface area contributed by atoms with Gasteiger partial charge in [-0.15, -0.1) is 0 Å². The van der Waals surface area contributed by atoms with Crippen LogP contribution in [0, 0.1) is 11.2 Å². The maximum absolute atomic E-state index is 13.2. The quantitative estimate of drug-likeness (QED) is 0.357. The average molecular weight is 392 g/mol. The summed E-state index contributed by atoms with van der Waals surface area (Å²) in [6, 6.07) is 13.4. The lowest BCUT2D eigenvalue weighted by Gasteiger charge is -2.07. The smallest absolute Gasteiger partial charge is 0.174 e. The lowest BCUT2D eigenvalue weighted by atomic mass is 10.2. The van der Waals surface area contributed by atoms with Crippen LogP contribution in [-0.4, -0.2) is 22.6 Å². The van der Waals surface area contributed by atoms with Gasteiger partial charge in [-0.1, -0.05) is 30.3 Å². The van der Waals surface area contributed by atoms with Gasteiger partial charge < -0.3 is 5.73 Å². The van der Waals surface area contributed by atoms with Crippen LogP contribution in [0.15, 0.2) is 63.0 Å². The van der Waals surface area contributed by atoms with E-state index >= 15 is 0 Å². The highest BCUT2D eigenvalue weighted by Gasteiger charge is 2.11. The Labute approximate surface area is 146 Å². The van der Waals surface area contributed by atoms with Crippen molar-refractivity contribution in [3.8, 4) is 0 Å². The molecular formula is C16H15BrFN5O. The highest BCUT2D eigenvalue weighted by Crippen LogP contribution is 2.22. The van der Waals surface area contributed by atoms with Gasteiger partial charge in [-0.3, -0.25) is 21.1 Å². The van der Waals surface area contributed by atoms with E-state index in [-0.39, 0.29) is 28.4 Å². The maximum atomic E-state index is 13.2. The molecule has 6 nitrogen and oxygen atoms in total. The average Bonchev–Trinajstić information content (AvgIpc) is 2.59. The fourth-order valence-corrected chi connectivity index (χ4v) is 2.16. The Kier molecular flexibility index (Phi) is 6.16. The topological polar surface area (TPSA) is 107 Å². The predicted molar refractivity (Wildman–Crippen MR) is 95.6 cm³/mol. The van der Waals surface area contributed by atoms with Gasteiger partial charge in [0.2, 0.25) is 0 Å². The number of amidine groups is 2. The summed E-state index contributed by atoms with van der Waals surface area (Å²) in [6.07, 6.45) is 0. The fourth-order valence-electron chi connectivity index (χ4n) is 1.79. The van der Waals surface area contributed by atoms with Crippen LogP contribution < -0.4 is 11.2 Å². The largest absolute Gasteiger partial charge is 0.382 e. The van der Waals surface area contributed by atoms with E-state index in [1.807, 2.05) is 35.8 Å². The Morgan fingerprint density at radius 1 is 1.25 bits per heavy atom. The third kappa shape index (κ3) is 4.71. The highest BCUT2D eigenvalue weighted by atomic mass is 79.9. The van der Waals surface area contributed by atoms with Crippen molar-refractivity contribution in [2.24, 2.45) is 15.7 Å². The Hall–Kier alpha value is -2.58. The number of hydroxylamine groups is 1. The SMILES string of the molecule is N=C(C(N)=Nc1ccc(F)c(Br)c1)C(=NCc1ccccc1)NO. The molecule has 0 aliphatic carbocycles. The highest BCUT2D eigenvalue weighted by molar-refractivity contribution is 9.10. The van der Waals surface area contributed by atoms with Gasteiger partial charge in [0.15, 0.2) is 11.7 Å². The van der Waals surface area contributed by atoms with Crippen LogP contribution in [0.3, 0.4) is 0 Å². The molecule has 124 valence electrons. The molecule has 5 N–H and O–H groups in total. The Morgan fingerprint density at radius 3 is 2.58 bits per heavy atom. The minimum Gasteiger partial charge on any atom is -0.382 e. The predicted octanol–water partition coefficient (Wildman–Crippen LogP) is 3.17. The zero-order chi connectivity index (χ0) is 17.5. The second kappa shape index (κ2) is 8.32. The number of hydrogen-bond donors (Lipinski definition) is 4. The number of nitrogens with one attached hydrogen (secondary N) is 2. The Morgan fingerprint density at radius 2 is 1.96 bits per heavy atom. The second-order valence-electron chi connectivity index (χ2n) is 4.73. The normalized spacial score (nSPS) is 12.1. The van der Waals surface area contributed by atoms with E-state index in [0.29, 0.717) is 5.69 Å². The van der Waals surface area contributed by atoms with Crippen molar-refractivity contribution in [3.63, 3.8) is 0 Å². The summed E-state index contributed by atoms with van der Waals surface area (Å²) in [5.41, 5.74) is 8.63. The van der Waals surface area contributed by atoms with E-state index in [4.69, 9.17) is 11.1 Å². The van der Waals surface area contributed by atoms with Crippen molar-refractivity contribution in [2.45, 2.75) is 6.54 Å². The van der Waals surface area contributed by atoms with Crippen LogP contribution in [0.5, 0.6) is 0 Å². The van der Waals surface area contributed by atoms with Crippen molar-refractivity contribution < 1.29 is 9.60 Å². The van der Waals surface area contributed by atoms with Crippen LogP contribution in [0.25, 0.3) is 0 Å². The monoisotopic (exact) mass is 391 g/mol. The van der Waals surface area contributed by atoms with Gasteiger partial charge in [0, 0.05) is 0 Å². The summed E-state index contributed by atoms with van der Waals surface area (Å²) < 4.78 is 13.4. The summed E-state index contributed by atoms with van der Waals surface area (Å²) in [5.74, 6) is -0.701. The maximum Gasteiger partial charge on any atom is 0.174 e. The first-order valence-corrected chi connectivity index (χ1v) is 7.67. The molecule has 0 saturated carbocycles. The second-order valence-corrected chi connectivity index (χ2v) is 5.59. The van der Waals surface area contributed by atoms with E-state index < -0.39 is 5.82 Å². The first kappa shape index (κ1) is 17.8. The molecule has 8 heteroatoms. The van der Waals surface area contributed by atoms with Crippen LogP contribution in [0.4, 0.5) is 10.1 Å². The molecule has 0 unspecified atom stereocenters. The molecule has 2 aromatic rings. The molecule has 0 aliphatic heterocycles. The third-order valence-electron chi connectivity index (χ3n) is 3.01. The van der Waals surface area contributed by atoms with E-state index in [2.05, 4.69) is 25.9 Å². The van der Waals surface area contributed by atoms with Crippen molar-refractivity contribution in [1.82, 2.24) is 5.48 Å². The number of rotatable bonds is 5. The lowest BCUT2D eigenvalue weighted by Crippen LogP contribution is -2.37. The zero-order valence-corrected chi connectivity index (χ0v) is 14.1. The molecule has 0 atom stereocenters. The van der Waals surface area contributed by atoms with Crippen molar-refractivity contribution in [1.29, 1.82) is 5.41 Å². The van der Waals surface area contributed by atoms with Crippen LogP contribution in [0.2, 0.25) is 0 Å². The van der Waals surface area contributed by atoms with E-state index in [1.165, 1.54) is 18.2 Å². The molecule has 0 bridgehead atoms. The van der Waals surface area contributed by atoms with E-state index in [9.17, 15) is 9.60 Å². The minimum atomic E-state index is -0.426. The van der Waals surface area contributed by atoms with Crippen LogP contribution in [0.1, 0.15) is 5.56 Å². The molecule has 2 aromatic carbocycles. The number of nitrogens with two attached hydrogens (primary N) is 1. The molecule has 0 aliphatic rings. The van der Waals surface area contributed by atoms with Gasteiger partial charge in [-0.05, 0) is 39.7 Å². The fraction of sp³-hybridized carbons (Fsp3) is 0.0625. The minimum absolute atomic E-state index is 0.110. The number of benzene rings is 2. The Balaban J connectivity index is 2.17. The molecule has 0 amide bonds. The molecule has 0 saturated heterocycles. The first-order chi connectivity index (χ1) is 11.5. The number of nitrogens with zero attached hydrogens (tertiary/aromatic N) is 2. The summed E-state index contributed by atoms with van der Waals surface area (Å²) >= 11 is 3.05.